The highest BCUT2D eigenvalue weighted by molar-refractivity contribution is 5.97. The first-order chi connectivity index (χ1) is 9.70. The van der Waals surface area contributed by atoms with Gasteiger partial charge in [0.05, 0.1) is 6.04 Å². The average Bonchev–Trinajstić information content (AvgIpc) is 2.79. The van der Waals surface area contributed by atoms with Crippen molar-refractivity contribution in [2.24, 2.45) is 11.1 Å². The van der Waals surface area contributed by atoms with Gasteiger partial charge < -0.3 is 16.0 Å². The molecule has 0 saturated heterocycles. The smallest absolute Gasteiger partial charge is 0.241 e. The Morgan fingerprint density at radius 2 is 2.00 bits per heavy atom. The van der Waals surface area contributed by atoms with Crippen LogP contribution in [0.3, 0.4) is 0 Å². The number of benzene rings is 1. The Kier molecular flexibility index (Phi) is 4.05. The van der Waals surface area contributed by atoms with Crippen LogP contribution in [0.2, 0.25) is 0 Å². The minimum Gasteiger partial charge on any atom is -0.325 e. The molecule has 2 amide bonds. The molecule has 21 heavy (non-hydrogen) atoms. The summed E-state index contributed by atoms with van der Waals surface area (Å²) in [5.74, 6) is -0.149. The van der Waals surface area contributed by atoms with Crippen molar-refractivity contribution >= 4 is 23.2 Å². The number of hydrogen-bond donors (Lipinski definition) is 2. The molecular formula is C16H23N3O2. The molecule has 1 unspecified atom stereocenters. The van der Waals surface area contributed by atoms with Crippen LogP contribution in [0.5, 0.6) is 0 Å². The van der Waals surface area contributed by atoms with Crippen LogP contribution in [0.4, 0.5) is 11.4 Å². The molecule has 0 bridgehead atoms. The van der Waals surface area contributed by atoms with Gasteiger partial charge in [-0.15, -0.1) is 0 Å². The largest absolute Gasteiger partial charge is 0.325 e. The molecule has 0 spiro atoms. The minimum absolute atomic E-state index is 0.0419. The molecule has 1 aromatic rings. The van der Waals surface area contributed by atoms with E-state index in [0.29, 0.717) is 6.54 Å². The monoisotopic (exact) mass is 289 g/mol. The van der Waals surface area contributed by atoms with Crippen LogP contribution in [0.25, 0.3) is 0 Å². The van der Waals surface area contributed by atoms with Gasteiger partial charge in [-0.1, -0.05) is 20.8 Å². The number of rotatable bonds is 2. The van der Waals surface area contributed by atoms with Gasteiger partial charge in [-0.2, -0.15) is 0 Å². The van der Waals surface area contributed by atoms with E-state index in [2.05, 4.69) is 5.32 Å². The number of hydrogen-bond acceptors (Lipinski definition) is 3. The number of anilines is 2. The lowest BCUT2D eigenvalue weighted by atomic mass is 9.87. The second-order valence-electron chi connectivity index (χ2n) is 6.60. The molecule has 2 rings (SSSR count). The minimum atomic E-state index is -0.570. The van der Waals surface area contributed by atoms with Crippen LogP contribution in [0.15, 0.2) is 18.2 Å². The van der Waals surface area contributed by atoms with Crippen molar-refractivity contribution in [3.05, 3.63) is 23.8 Å². The molecule has 5 heteroatoms. The SMILES string of the molecule is CC(=O)N1CCc2cc(NC(=O)C(N)C(C)(C)C)ccc21. The zero-order valence-corrected chi connectivity index (χ0v) is 13.1. The standard InChI is InChI=1S/C16H23N3O2/c1-10(20)19-8-7-11-9-12(5-6-13(11)19)18-15(21)14(17)16(2,3)4/h5-6,9,14H,7-8,17H2,1-4H3,(H,18,21). The first kappa shape index (κ1) is 15.5. The molecule has 0 radical (unpaired) electrons. The Morgan fingerprint density at radius 3 is 2.57 bits per heavy atom. The van der Waals surface area contributed by atoms with E-state index in [4.69, 9.17) is 5.73 Å². The van der Waals surface area contributed by atoms with Crippen LogP contribution in [-0.2, 0) is 16.0 Å². The molecule has 114 valence electrons. The van der Waals surface area contributed by atoms with Crippen molar-refractivity contribution in [3.8, 4) is 0 Å². The van der Waals surface area contributed by atoms with Crippen molar-refractivity contribution < 1.29 is 9.59 Å². The van der Waals surface area contributed by atoms with E-state index >= 15 is 0 Å². The van der Waals surface area contributed by atoms with Crippen LogP contribution in [0.1, 0.15) is 33.3 Å². The van der Waals surface area contributed by atoms with Crippen LogP contribution < -0.4 is 16.0 Å². The van der Waals surface area contributed by atoms with Crippen molar-refractivity contribution in [2.45, 2.75) is 40.2 Å². The lowest BCUT2D eigenvalue weighted by Gasteiger charge is -2.26. The van der Waals surface area contributed by atoms with Crippen molar-refractivity contribution in [1.82, 2.24) is 0 Å². The Balaban J connectivity index is 2.14. The fraction of sp³-hybridized carbons (Fsp3) is 0.500. The van der Waals surface area contributed by atoms with Gasteiger partial charge in [0.1, 0.15) is 0 Å². The van der Waals surface area contributed by atoms with Crippen molar-refractivity contribution in [1.29, 1.82) is 0 Å². The van der Waals surface area contributed by atoms with E-state index in [9.17, 15) is 9.59 Å². The maximum Gasteiger partial charge on any atom is 0.241 e. The van der Waals surface area contributed by atoms with E-state index in [1.165, 1.54) is 0 Å². The summed E-state index contributed by atoms with van der Waals surface area (Å²) >= 11 is 0. The Labute approximate surface area is 125 Å². The summed E-state index contributed by atoms with van der Waals surface area (Å²) in [5.41, 5.74) is 8.40. The van der Waals surface area contributed by atoms with Crippen molar-refractivity contribution in [3.63, 3.8) is 0 Å². The summed E-state index contributed by atoms with van der Waals surface area (Å²) in [7, 11) is 0. The van der Waals surface area contributed by atoms with E-state index in [0.717, 1.165) is 23.4 Å². The lowest BCUT2D eigenvalue weighted by Crippen LogP contribution is -2.45. The Hall–Kier alpha value is -1.88. The first-order valence-corrected chi connectivity index (χ1v) is 7.17. The molecule has 1 aliphatic heterocycles. The van der Waals surface area contributed by atoms with Gasteiger partial charge in [0, 0.05) is 24.8 Å². The van der Waals surface area contributed by atoms with Gasteiger partial charge >= 0.3 is 0 Å². The summed E-state index contributed by atoms with van der Waals surface area (Å²) in [6.07, 6.45) is 0.809. The van der Waals surface area contributed by atoms with Gasteiger partial charge in [0.25, 0.3) is 0 Å². The predicted octanol–water partition coefficient (Wildman–Crippen LogP) is 1.91. The van der Waals surface area contributed by atoms with Gasteiger partial charge in [-0.05, 0) is 35.6 Å². The normalized spacial score (nSPS) is 15.6. The number of nitrogens with zero attached hydrogens (tertiary/aromatic N) is 1. The zero-order valence-electron chi connectivity index (χ0n) is 13.1. The number of fused-ring (bicyclic) bond motifs is 1. The van der Waals surface area contributed by atoms with E-state index in [1.807, 2.05) is 39.0 Å². The molecule has 1 heterocycles. The third-order valence-corrected chi connectivity index (χ3v) is 3.84. The molecule has 5 nitrogen and oxygen atoms in total. The highest BCUT2D eigenvalue weighted by Crippen LogP contribution is 2.30. The van der Waals surface area contributed by atoms with Crippen molar-refractivity contribution in [2.75, 3.05) is 16.8 Å². The van der Waals surface area contributed by atoms with Crippen LogP contribution in [-0.4, -0.2) is 24.4 Å². The highest BCUT2D eigenvalue weighted by Gasteiger charge is 2.28. The quantitative estimate of drug-likeness (QED) is 0.873. The number of carbonyl (C=O) groups is 2. The highest BCUT2D eigenvalue weighted by atomic mass is 16.2. The summed E-state index contributed by atoms with van der Waals surface area (Å²) in [6, 6.07) is 5.04. The molecule has 1 aliphatic rings. The Bertz CT molecular complexity index is 575. The third-order valence-electron chi connectivity index (χ3n) is 3.84. The maximum atomic E-state index is 12.1. The van der Waals surface area contributed by atoms with E-state index < -0.39 is 6.04 Å². The number of nitrogens with one attached hydrogen (secondary N) is 1. The van der Waals surface area contributed by atoms with E-state index in [1.54, 1.807) is 11.8 Å². The number of nitrogens with two attached hydrogens (primary N) is 1. The summed E-state index contributed by atoms with van der Waals surface area (Å²) in [4.78, 5) is 25.4. The first-order valence-electron chi connectivity index (χ1n) is 7.17. The molecule has 1 atom stereocenters. The second kappa shape index (κ2) is 5.48. The molecule has 3 N–H and O–H groups in total. The van der Waals surface area contributed by atoms with Gasteiger partial charge in [-0.3, -0.25) is 9.59 Å². The maximum absolute atomic E-state index is 12.1. The van der Waals surface area contributed by atoms with Crippen LogP contribution in [0, 0.1) is 5.41 Å². The van der Waals surface area contributed by atoms with Gasteiger partial charge in [0.2, 0.25) is 11.8 Å². The molecule has 0 fully saturated rings. The summed E-state index contributed by atoms with van der Waals surface area (Å²) in [5, 5.41) is 2.85. The van der Waals surface area contributed by atoms with Crippen LogP contribution >= 0.6 is 0 Å². The van der Waals surface area contributed by atoms with Gasteiger partial charge in [0.15, 0.2) is 0 Å². The molecule has 0 aromatic heterocycles. The predicted molar refractivity (Wildman–Crippen MR) is 84.2 cm³/mol. The summed E-state index contributed by atoms with van der Waals surface area (Å²) in [6.45, 7) is 8.07. The molecule has 0 saturated carbocycles. The number of carbonyl (C=O) groups excluding carboxylic acids is 2. The lowest BCUT2D eigenvalue weighted by molar-refractivity contribution is -0.119. The van der Waals surface area contributed by atoms with Gasteiger partial charge in [-0.25, -0.2) is 0 Å². The fourth-order valence-electron chi connectivity index (χ4n) is 2.42. The average molecular weight is 289 g/mol. The molecule has 1 aromatic carbocycles. The third kappa shape index (κ3) is 3.24. The number of amides is 2. The fourth-order valence-corrected chi connectivity index (χ4v) is 2.42. The zero-order chi connectivity index (χ0) is 15.8. The molecule has 0 aliphatic carbocycles. The molecular weight excluding hydrogens is 266 g/mol. The summed E-state index contributed by atoms with van der Waals surface area (Å²) < 4.78 is 0. The Morgan fingerprint density at radius 1 is 1.33 bits per heavy atom. The second-order valence-corrected chi connectivity index (χ2v) is 6.60. The van der Waals surface area contributed by atoms with E-state index in [-0.39, 0.29) is 17.2 Å². The topological polar surface area (TPSA) is 75.4 Å².